The number of ether oxygens (including phenoxy) is 2. The predicted octanol–water partition coefficient (Wildman–Crippen LogP) is 1.07. The maximum Gasteiger partial charge on any atom is 0.259 e. The molecule has 28 heavy (non-hydrogen) atoms. The fraction of sp³-hybridized carbons (Fsp3) is 0.650. The first-order chi connectivity index (χ1) is 13.7. The van der Waals surface area contributed by atoms with Gasteiger partial charge >= 0.3 is 0 Å². The molecule has 5 rings (SSSR count). The Morgan fingerprint density at radius 1 is 1.29 bits per heavy atom. The summed E-state index contributed by atoms with van der Waals surface area (Å²) in [7, 11) is 0. The molecule has 1 amide bonds. The summed E-state index contributed by atoms with van der Waals surface area (Å²) in [6.07, 6.45) is 8.17. The van der Waals surface area contributed by atoms with E-state index in [4.69, 9.17) is 9.47 Å². The lowest BCUT2D eigenvalue weighted by molar-refractivity contribution is -0.0451. The molecule has 3 aliphatic rings. The summed E-state index contributed by atoms with van der Waals surface area (Å²) in [6, 6.07) is 1.81. The van der Waals surface area contributed by atoms with E-state index in [1.807, 2.05) is 17.2 Å². The number of fused-ring (bicyclic) bond motifs is 1. The lowest BCUT2D eigenvalue weighted by Crippen LogP contribution is -2.50. The molecule has 0 bridgehead atoms. The molecule has 8 heteroatoms. The first-order valence-electron chi connectivity index (χ1n) is 10.2. The van der Waals surface area contributed by atoms with Crippen LogP contribution in [-0.4, -0.2) is 88.5 Å². The molecule has 0 N–H and O–H groups in total. The highest BCUT2D eigenvalue weighted by atomic mass is 16.5. The van der Waals surface area contributed by atoms with E-state index in [1.165, 1.54) is 0 Å². The van der Waals surface area contributed by atoms with Crippen LogP contribution in [0.5, 0.6) is 0 Å². The van der Waals surface area contributed by atoms with Gasteiger partial charge in [0, 0.05) is 45.1 Å². The van der Waals surface area contributed by atoms with Gasteiger partial charge in [-0.15, -0.1) is 0 Å². The van der Waals surface area contributed by atoms with Crippen LogP contribution in [-0.2, 0) is 9.47 Å². The van der Waals surface area contributed by atoms with Crippen LogP contribution in [0.25, 0.3) is 5.65 Å². The molecule has 0 unspecified atom stereocenters. The molecule has 1 spiro atoms. The van der Waals surface area contributed by atoms with Crippen molar-refractivity contribution >= 4 is 11.6 Å². The van der Waals surface area contributed by atoms with Crippen LogP contribution in [0, 0.1) is 5.92 Å². The summed E-state index contributed by atoms with van der Waals surface area (Å²) in [5.74, 6) is 0.541. The van der Waals surface area contributed by atoms with E-state index < -0.39 is 0 Å². The number of hydrogen-bond acceptors (Lipinski definition) is 6. The monoisotopic (exact) mass is 385 g/mol. The zero-order chi connectivity index (χ0) is 19.0. The summed E-state index contributed by atoms with van der Waals surface area (Å²) < 4.78 is 13.4. The number of nitrogens with zero attached hydrogens (tertiary/aromatic N) is 5. The number of piperidine rings is 1. The number of likely N-dealkylation sites (tertiary alicyclic amines) is 1. The van der Waals surface area contributed by atoms with Gasteiger partial charge in [0.2, 0.25) is 0 Å². The standard InChI is InChI=1S/C20H27N5O3/c26-19(17-12-22-25-6-2-4-21-18(17)25)24-5-1-3-20(15-24)11-16(14-28-20)13-23-7-9-27-10-8-23/h2,4,6,12,16H,1,3,5,7-11,13-15H2/t16-,20+/m1/s1. The van der Waals surface area contributed by atoms with Crippen molar-refractivity contribution in [3.63, 3.8) is 0 Å². The fourth-order valence-electron chi connectivity index (χ4n) is 4.91. The number of hydrogen-bond donors (Lipinski definition) is 0. The van der Waals surface area contributed by atoms with Gasteiger partial charge in [0.05, 0.1) is 31.6 Å². The fourth-order valence-corrected chi connectivity index (χ4v) is 4.91. The van der Waals surface area contributed by atoms with E-state index in [-0.39, 0.29) is 11.5 Å². The highest BCUT2D eigenvalue weighted by Crippen LogP contribution is 2.38. The number of carbonyl (C=O) groups is 1. The molecule has 0 aromatic carbocycles. The van der Waals surface area contributed by atoms with Crippen molar-refractivity contribution in [2.24, 2.45) is 5.92 Å². The predicted molar refractivity (Wildman–Crippen MR) is 102 cm³/mol. The third kappa shape index (κ3) is 3.40. The van der Waals surface area contributed by atoms with Crippen LogP contribution in [0.15, 0.2) is 24.7 Å². The molecule has 0 saturated carbocycles. The molecular formula is C20H27N5O3. The first kappa shape index (κ1) is 18.0. The summed E-state index contributed by atoms with van der Waals surface area (Å²) in [4.78, 5) is 21.9. The SMILES string of the molecule is O=C(c1cnn2cccnc12)N1CCC[C@]2(C[C@H](CN3CCOCC3)CO2)C1. The molecule has 150 valence electrons. The Morgan fingerprint density at radius 3 is 3.07 bits per heavy atom. The van der Waals surface area contributed by atoms with Gasteiger partial charge in [-0.3, -0.25) is 9.69 Å². The van der Waals surface area contributed by atoms with Gasteiger partial charge in [-0.1, -0.05) is 0 Å². The molecule has 5 heterocycles. The minimum absolute atomic E-state index is 0.00741. The minimum Gasteiger partial charge on any atom is -0.379 e. The van der Waals surface area contributed by atoms with Gasteiger partial charge in [0.15, 0.2) is 5.65 Å². The van der Waals surface area contributed by atoms with Crippen molar-refractivity contribution in [1.82, 2.24) is 24.4 Å². The summed E-state index contributed by atoms with van der Waals surface area (Å²) >= 11 is 0. The van der Waals surface area contributed by atoms with Gasteiger partial charge in [-0.2, -0.15) is 5.10 Å². The van der Waals surface area contributed by atoms with Crippen LogP contribution in [0.2, 0.25) is 0 Å². The molecule has 2 atom stereocenters. The van der Waals surface area contributed by atoms with Gasteiger partial charge in [-0.05, 0) is 31.2 Å². The molecular weight excluding hydrogens is 358 g/mol. The van der Waals surface area contributed by atoms with Crippen LogP contribution in [0.3, 0.4) is 0 Å². The molecule has 3 fully saturated rings. The summed E-state index contributed by atoms with van der Waals surface area (Å²) in [5, 5.41) is 4.26. The number of aromatic nitrogens is 3. The average molecular weight is 385 g/mol. The lowest BCUT2D eigenvalue weighted by Gasteiger charge is -2.39. The number of carbonyl (C=O) groups excluding carboxylic acids is 1. The Bertz CT molecular complexity index is 849. The van der Waals surface area contributed by atoms with Crippen molar-refractivity contribution in [2.45, 2.75) is 24.9 Å². The van der Waals surface area contributed by atoms with Crippen LogP contribution in [0.4, 0.5) is 0 Å². The van der Waals surface area contributed by atoms with E-state index in [9.17, 15) is 4.79 Å². The smallest absolute Gasteiger partial charge is 0.259 e. The molecule has 3 aliphatic heterocycles. The number of morpholine rings is 1. The summed E-state index contributed by atoms with van der Waals surface area (Å²) in [5.41, 5.74) is 0.992. The number of rotatable bonds is 3. The second kappa shape index (κ2) is 7.42. The average Bonchev–Trinajstić information content (AvgIpc) is 3.33. The third-order valence-electron chi connectivity index (χ3n) is 6.24. The Balaban J connectivity index is 1.26. The van der Waals surface area contributed by atoms with Crippen LogP contribution >= 0.6 is 0 Å². The second-order valence-corrected chi connectivity index (χ2v) is 8.25. The van der Waals surface area contributed by atoms with E-state index in [0.29, 0.717) is 23.7 Å². The van der Waals surface area contributed by atoms with Crippen molar-refractivity contribution in [1.29, 1.82) is 0 Å². The highest BCUT2D eigenvalue weighted by molar-refractivity contribution is 5.99. The Kier molecular flexibility index (Phi) is 4.78. The van der Waals surface area contributed by atoms with Crippen molar-refractivity contribution in [3.05, 3.63) is 30.2 Å². The molecule has 0 radical (unpaired) electrons. The quantitative estimate of drug-likeness (QED) is 0.787. The third-order valence-corrected chi connectivity index (χ3v) is 6.24. The van der Waals surface area contributed by atoms with Gasteiger partial charge < -0.3 is 14.4 Å². The molecule has 0 aliphatic carbocycles. The first-order valence-corrected chi connectivity index (χ1v) is 10.2. The molecule has 2 aromatic rings. The van der Waals surface area contributed by atoms with Gasteiger partial charge in [-0.25, -0.2) is 9.50 Å². The topological polar surface area (TPSA) is 72.2 Å². The van der Waals surface area contributed by atoms with Gasteiger partial charge in [0.25, 0.3) is 5.91 Å². The lowest BCUT2D eigenvalue weighted by atomic mass is 9.86. The minimum atomic E-state index is -0.193. The maximum atomic E-state index is 13.2. The zero-order valence-corrected chi connectivity index (χ0v) is 16.1. The highest BCUT2D eigenvalue weighted by Gasteiger charge is 2.45. The summed E-state index contributed by atoms with van der Waals surface area (Å²) in [6.45, 7) is 6.96. The van der Waals surface area contributed by atoms with E-state index in [2.05, 4.69) is 15.0 Å². The van der Waals surface area contributed by atoms with E-state index in [0.717, 1.165) is 65.3 Å². The van der Waals surface area contributed by atoms with Crippen LogP contribution < -0.4 is 0 Å². The normalized spacial score (nSPS) is 29.0. The molecule has 3 saturated heterocycles. The number of amides is 1. The Labute approximate surface area is 164 Å². The van der Waals surface area contributed by atoms with Gasteiger partial charge in [0.1, 0.15) is 5.56 Å². The Morgan fingerprint density at radius 2 is 2.18 bits per heavy atom. The molecule has 8 nitrogen and oxygen atoms in total. The van der Waals surface area contributed by atoms with Crippen molar-refractivity contribution in [3.8, 4) is 0 Å². The van der Waals surface area contributed by atoms with E-state index >= 15 is 0 Å². The zero-order valence-electron chi connectivity index (χ0n) is 16.1. The maximum absolute atomic E-state index is 13.2. The van der Waals surface area contributed by atoms with Crippen LogP contribution in [0.1, 0.15) is 29.6 Å². The Hall–Kier alpha value is -2.03. The van der Waals surface area contributed by atoms with E-state index in [1.54, 1.807) is 16.9 Å². The molecule has 2 aromatic heterocycles. The second-order valence-electron chi connectivity index (χ2n) is 8.25. The van der Waals surface area contributed by atoms with Crippen molar-refractivity contribution in [2.75, 3.05) is 52.5 Å². The van der Waals surface area contributed by atoms with Crippen molar-refractivity contribution < 1.29 is 14.3 Å². The largest absolute Gasteiger partial charge is 0.379 e.